The largest absolute Gasteiger partial charge is 0.508 e. The van der Waals surface area contributed by atoms with Crippen molar-refractivity contribution in [2.45, 2.75) is 23.9 Å². The van der Waals surface area contributed by atoms with Crippen LogP contribution in [0.4, 0.5) is 9.18 Å². The third kappa shape index (κ3) is 5.83. The molecule has 24 heavy (non-hydrogen) atoms. The van der Waals surface area contributed by atoms with Crippen molar-refractivity contribution in [3.8, 4) is 6.07 Å². The molecule has 0 aliphatic rings. The first kappa shape index (κ1) is 19.9. The zero-order chi connectivity index (χ0) is 18.1. The van der Waals surface area contributed by atoms with Crippen LogP contribution < -0.4 is 5.32 Å². The van der Waals surface area contributed by atoms with E-state index in [0.29, 0.717) is 0 Å². The maximum absolute atomic E-state index is 13.4. The van der Waals surface area contributed by atoms with E-state index in [0.717, 1.165) is 0 Å². The van der Waals surface area contributed by atoms with Crippen molar-refractivity contribution in [1.82, 2.24) is 10.3 Å². The Morgan fingerprint density at radius 2 is 2.17 bits per heavy atom. The Morgan fingerprint density at radius 1 is 1.46 bits per heavy atom. The highest BCUT2D eigenvalue weighted by molar-refractivity contribution is 6.53. The maximum atomic E-state index is 13.4. The van der Waals surface area contributed by atoms with Gasteiger partial charge in [-0.05, 0) is 13.0 Å². The molecule has 1 heterocycles. The Kier molecular flexibility index (Phi) is 8.22. The molecule has 7 nitrogen and oxygen atoms in total. The van der Waals surface area contributed by atoms with Gasteiger partial charge in [0.2, 0.25) is 0 Å². The van der Waals surface area contributed by atoms with Crippen LogP contribution in [0.15, 0.2) is 18.3 Å². The van der Waals surface area contributed by atoms with Gasteiger partial charge >= 0.3 is 6.16 Å². The molecule has 0 unspecified atom stereocenters. The molecule has 1 aromatic heterocycles. The van der Waals surface area contributed by atoms with E-state index in [9.17, 15) is 14.0 Å². The number of carbonyl (C=O) groups is 2. The second-order valence-electron chi connectivity index (χ2n) is 4.38. The smallest absolute Gasteiger partial charge is 0.435 e. The highest BCUT2D eigenvalue weighted by atomic mass is 35.5. The summed E-state index contributed by atoms with van der Waals surface area (Å²) in [6.45, 7) is 0.547. The molecule has 0 aromatic carbocycles. The normalized spacial score (nSPS) is 12.8. The number of hydrogen-bond acceptors (Lipinski definition) is 6. The summed E-state index contributed by atoms with van der Waals surface area (Å²) < 4.78 is 23.1. The number of ether oxygens (including phenoxy) is 2. The average molecular weight is 378 g/mol. The predicted octanol–water partition coefficient (Wildman–Crippen LogP) is 2.43. The molecule has 0 aliphatic carbocycles. The monoisotopic (exact) mass is 377 g/mol. The van der Waals surface area contributed by atoms with E-state index >= 15 is 0 Å². The topological polar surface area (TPSA) is 101 Å². The second-order valence-corrected chi connectivity index (χ2v) is 5.48. The lowest BCUT2D eigenvalue weighted by molar-refractivity contribution is -0.121. The molecule has 2 atom stereocenters. The number of amides is 1. The number of rotatable bonds is 7. The molecule has 0 fully saturated rings. The van der Waals surface area contributed by atoms with Gasteiger partial charge in [0, 0.05) is 11.8 Å². The summed E-state index contributed by atoms with van der Waals surface area (Å²) in [6, 6.07) is 3.34. The van der Waals surface area contributed by atoms with Crippen LogP contribution in [0.1, 0.15) is 24.3 Å². The van der Waals surface area contributed by atoms with Gasteiger partial charge in [0.1, 0.15) is 18.4 Å². The number of pyridine rings is 1. The van der Waals surface area contributed by atoms with E-state index in [1.165, 1.54) is 18.3 Å². The summed E-state index contributed by atoms with van der Waals surface area (Å²) in [5.41, 5.74) is 0.377. The van der Waals surface area contributed by atoms with E-state index in [-0.39, 0.29) is 17.9 Å². The molecule has 0 bridgehead atoms. The molecular weight excluding hydrogens is 364 g/mol. The third-order valence-electron chi connectivity index (χ3n) is 2.77. The predicted molar refractivity (Wildman–Crippen MR) is 83.2 cm³/mol. The van der Waals surface area contributed by atoms with E-state index in [1.54, 1.807) is 6.92 Å². The van der Waals surface area contributed by atoms with Crippen molar-refractivity contribution in [3.63, 3.8) is 0 Å². The minimum atomic E-state index is -1.42. The minimum Gasteiger partial charge on any atom is -0.435 e. The number of alkyl halides is 3. The van der Waals surface area contributed by atoms with Gasteiger partial charge in [0.25, 0.3) is 5.91 Å². The number of nitrogens with zero attached hydrogens (tertiary/aromatic N) is 2. The van der Waals surface area contributed by atoms with Gasteiger partial charge in [0.15, 0.2) is 10.9 Å². The molecule has 1 N–H and O–H groups in total. The van der Waals surface area contributed by atoms with Gasteiger partial charge in [-0.1, -0.05) is 29.3 Å². The van der Waals surface area contributed by atoms with Crippen molar-refractivity contribution in [2.24, 2.45) is 0 Å². The fraction of sp³-hybridized carbons (Fsp3) is 0.429. The first-order valence-electron chi connectivity index (χ1n) is 6.76. The average Bonchev–Trinajstić information content (AvgIpc) is 2.58. The highest BCUT2D eigenvalue weighted by Gasteiger charge is 2.31. The molecule has 0 spiro atoms. The van der Waals surface area contributed by atoms with Crippen LogP contribution in [0, 0.1) is 11.3 Å². The van der Waals surface area contributed by atoms with E-state index in [1.807, 2.05) is 6.07 Å². The summed E-state index contributed by atoms with van der Waals surface area (Å²) in [6.07, 6.45) is -1.06. The van der Waals surface area contributed by atoms with Crippen LogP contribution in [-0.2, 0) is 14.3 Å². The summed E-state index contributed by atoms with van der Waals surface area (Å²) in [7, 11) is 0. The van der Waals surface area contributed by atoms with Crippen LogP contribution in [-0.4, -0.2) is 41.2 Å². The molecule has 0 saturated carbocycles. The Labute approximate surface area is 147 Å². The molecule has 0 radical (unpaired) electrons. The van der Waals surface area contributed by atoms with Crippen molar-refractivity contribution < 1.29 is 23.5 Å². The summed E-state index contributed by atoms with van der Waals surface area (Å²) in [5, 5.41) is 11.0. The van der Waals surface area contributed by atoms with Gasteiger partial charge in [-0.15, -0.1) is 0 Å². The summed E-state index contributed by atoms with van der Waals surface area (Å²) in [5.74, 6) is -0.847. The lowest BCUT2D eigenvalue weighted by Crippen LogP contribution is -2.44. The van der Waals surface area contributed by atoms with Gasteiger partial charge in [0.05, 0.1) is 12.6 Å². The Morgan fingerprint density at radius 3 is 2.62 bits per heavy atom. The van der Waals surface area contributed by atoms with Gasteiger partial charge in [-0.2, -0.15) is 5.26 Å². The van der Waals surface area contributed by atoms with Crippen LogP contribution in [0.5, 0.6) is 0 Å². The van der Waals surface area contributed by atoms with Crippen molar-refractivity contribution in [3.05, 3.63) is 29.6 Å². The SMILES string of the molecule is CCOC(=O)O[C@H](c1ccc(C#N)nc1)[C@@H](CF)NC(=O)C(Cl)Cl. The Bertz CT molecular complexity index is 607. The number of aromatic nitrogens is 1. The molecule has 0 aliphatic heterocycles. The van der Waals surface area contributed by atoms with Gasteiger partial charge < -0.3 is 14.8 Å². The quantitative estimate of drug-likeness (QED) is 0.578. The molecule has 1 aromatic rings. The lowest BCUT2D eigenvalue weighted by atomic mass is 10.0. The number of nitriles is 1. The van der Waals surface area contributed by atoms with Crippen molar-refractivity contribution >= 4 is 35.3 Å². The Hall–Kier alpha value is -2.11. The summed E-state index contributed by atoms with van der Waals surface area (Å²) >= 11 is 10.9. The van der Waals surface area contributed by atoms with Gasteiger partial charge in [-0.3, -0.25) is 4.79 Å². The van der Waals surface area contributed by atoms with Crippen LogP contribution in [0.25, 0.3) is 0 Å². The van der Waals surface area contributed by atoms with E-state index in [2.05, 4.69) is 15.0 Å². The molecule has 130 valence electrons. The van der Waals surface area contributed by atoms with E-state index < -0.39 is 35.7 Å². The van der Waals surface area contributed by atoms with Crippen LogP contribution in [0.2, 0.25) is 0 Å². The maximum Gasteiger partial charge on any atom is 0.508 e. The van der Waals surface area contributed by atoms with E-state index in [4.69, 9.17) is 33.2 Å². The molecule has 1 rings (SSSR count). The summed E-state index contributed by atoms with van der Waals surface area (Å²) in [4.78, 5) is 25.6. The van der Waals surface area contributed by atoms with Crippen molar-refractivity contribution in [2.75, 3.05) is 13.3 Å². The standard InChI is InChI=1S/C14H14Cl2FN3O4/c1-2-23-14(22)24-11(8-3-4-9(6-18)19-7-8)10(5-17)20-13(21)12(15)16/h3-4,7,10-12H,2,5H2,1H3,(H,20,21)/t10-,11-/m1/s1. The third-order valence-corrected chi connectivity index (χ3v) is 3.17. The van der Waals surface area contributed by atoms with Gasteiger partial charge in [-0.25, -0.2) is 14.2 Å². The minimum absolute atomic E-state index is 0.0509. The Balaban J connectivity index is 3.07. The van der Waals surface area contributed by atoms with Crippen molar-refractivity contribution in [1.29, 1.82) is 5.26 Å². The number of hydrogen-bond donors (Lipinski definition) is 1. The van der Waals surface area contributed by atoms with Crippen LogP contribution >= 0.6 is 23.2 Å². The fourth-order valence-electron chi connectivity index (χ4n) is 1.72. The highest BCUT2D eigenvalue weighted by Crippen LogP contribution is 2.23. The second kappa shape index (κ2) is 9.90. The molecular formula is C14H14Cl2FN3O4. The fourth-order valence-corrected chi connectivity index (χ4v) is 1.84. The number of carbonyl (C=O) groups excluding carboxylic acids is 2. The van der Waals surface area contributed by atoms with Crippen LogP contribution in [0.3, 0.4) is 0 Å². The number of halogens is 3. The first-order chi connectivity index (χ1) is 11.4. The first-order valence-corrected chi connectivity index (χ1v) is 7.64. The molecule has 1 amide bonds. The lowest BCUT2D eigenvalue weighted by Gasteiger charge is -2.25. The zero-order valence-electron chi connectivity index (χ0n) is 12.5. The molecule has 10 heteroatoms. The number of nitrogens with one attached hydrogen (secondary N) is 1. The zero-order valence-corrected chi connectivity index (χ0v) is 14.1. The molecule has 0 saturated heterocycles.